The molecule has 0 amide bonds. The van der Waals surface area contributed by atoms with Crippen molar-refractivity contribution in [2.45, 2.75) is 69.4 Å². The molecule has 0 saturated carbocycles. The van der Waals surface area contributed by atoms with Crippen molar-refractivity contribution in [3.63, 3.8) is 0 Å². The number of hydrogen-bond acceptors (Lipinski definition) is 5. The Bertz CT molecular complexity index is 1510. The molecule has 6 nitrogen and oxygen atoms in total. The predicted octanol–water partition coefficient (Wildman–Crippen LogP) is 6.29. The molecule has 0 bridgehead atoms. The number of hydrogen-bond donors (Lipinski definition) is 3. The van der Waals surface area contributed by atoms with Crippen LogP contribution in [-0.2, 0) is 16.6 Å². The van der Waals surface area contributed by atoms with Gasteiger partial charge in [0.2, 0.25) is 5.16 Å². The first-order chi connectivity index (χ1) is 17.9. The third-order valence-corrected chi connectivity index (χ3v) is 7.80. The number of phenols is 1. The van der Waals surface area contributed by atoms with Crippen molar-refractivity contribution in [1.82, 2.24) is 10.1 Å². The molecule has 0 spiro atoms. The van der Waals surface area contributed by atoms with Crippen LogP contribution in [0.2, 0.25) is 0 Å². The maximum absolute atomic E-state index is 13.5. The summed E-state index contributed by atoms with van der Waals surface area (Å²) < 4.78 is 1.81. The molecular formula is C31H35N4O2S+. The maximum atomic E-state index is 13.5. The Hall–Kier alpha value is -3.58. The smallest absolute Gasteiger partial charge is 0.325 e. The van der Waals surface area contributed by atoms with Crippen molar-refractivity contribution in [3.05, 3.63) is 99.3 Å². The van der Waals surface area contributed by atoms with E-state index < -0.39 is 6.17 Å². The van der Waals surface area contributed by atoms with Crippen molar-refractivity contribution in [2.24, 2.45) is 0 Å². The van der Waals surface area contributed by atoms with Crippen molar-refractivity contribution in [1.29, 1.82) is 0 Å². The Morgan fingerprint density at radius 3 is 2.16 bits per heavy atom. The summed E-state index contributed by atoms with van der Waals surface area (Å²) in [6.07, 6.45) is -0.430. The van der Waals surface area contributed by atoms with Crippen LogP contribution < -0.4 is 15.6 Å². The number of para-hydroxylation sites is 1. The van der Waals surface area contributed by atoms with E-state index in [0.717, 1.165) is 33.5 Å². The molecule has 0 fully saturated rings. The largest absolute Gasteiger partial charge is 0.507 e. The summed E-state index contributed by atoms with van der Waals surface area (Å²) in [5.74, 6) is 1.02. The Morgan fingerprint density at radius 2 is 1.53 bits per heavy atom. The first-order valence-electron chi connectivity index (χ1n) is 12.9. The molecule has 3 aromatic carbocycles. The van der Waals surface area contributed by atoms with Crippen LogP contribution in [0.15, 0.2) is 76.7 Å². The van der Waals surface area contributed by atoms with Crippen LogP contribution in [0.1, 0.15) is 70.0 Å². The van der Waals surface area contributed by atoms with Gasteiger partial charge in [-0.1, -0.05) is 95.8 Å². The lowest BCUT2D eigenvalue weighted by molar-refractivity contribution is -0.759. The highest BCUT2D eigenvalue weighted by Gasteiger charge is 2.39. The second-order valence-electron chi connectivity index (χ2n) is 11.9. The van der Waals surface area contributed by atoms with Gasteiger partial charge in [0.1, 0.15) is 5.75 Å². The van der Waals surface area contributed by atoms with Gasteiger partial charge in [-0.3, -0.25) is 9.78 Å². The summed E-state index contributed by atoms with van der Waals surface area (Å²) in [6, 6.07) is 22.1. The van der Waals surface area contributed by atoms with Gasteiger partial charge < -0.3 is 10.4 Å². The van der Waals surface area contributed by atoms with Crippen molar-refractivity contribution < 1.29 is 9.79 Å². The van der Waals surface area contributed by atoms with Crippen molar-refractivity contribution in [2.75, 3.05) is 5.32 Å². The predicted molar refractivity (Wildman–Crippen MR) is 154 cm³/mol. The molecule has 3 N–H and O–H groups in total. The van der Waals surface area contributed by atoms with E-state index in [4.69, 9.17) is 5.10 Å². The van der Waals surface area contributed by atoms with Crippen molar-refractivity contribution in [3.8, 4) is 17.0 Å². The lowest BCUT2D eigenvalue weighted by Gasteiger charge is -2.30. The maximum Gasteiger partial charge on any atom is 0.325 e. The first kappa shape index (κ1) is 26.0. The summed E-state index contributed by atoms with van der Waals surface area (Å²) in [7, 11) is 0. The number of H-pyrrole nitrogens is 1. The zero-order chi connectivity index (χ0) is 27.2. The average molecular weight is 528 g/mol. The molecule has 5 rings (SSSR count). The minimum absolute atomic E-state index is 0.180. The molecule has 1 aromatic heterocycles. The molecule has 7 heteroatoms. The molecule has 1 aliphatic rings. The van der Waals surface area contributed by atoms with E-state index in [2.05, 4.69) is 64.0 Å². The molecule has 4 aromatic rings. The van der Waals surface area contributed by atoms with Gasteiger partial charge in [-0.05, 0) is 45.3 Å². The number of aromatic nitrogens is 3. The van der Waals surface area contributed by atoms with Gasteiger partial charge in [0.15, 0.2) is 0 Å². The number of aromatic amines is 1. The summed E-state index contributed by atoms with van der Waals surface area (Å²) in [5, 5.41) is 20.4. The van der Waals surface area contributed by atoms with Crippen LogP contribution in [0.25, 0.3) is 11.3 Å². The topological polar surface area (TPSA) is 81.9 Å². The number of aromatic hydroxyl groups is 1. The summed E-state index contributed by atoms with van der Waals surface area (Å²) in [6.45, 7) is 12.6. The minimum Gasteiger partial charge on any atom is -0.507 e. The van der Waals surface area contributed by atoms with Crippen LogP contribution >= 0.6 is 11.8 Å². The number of thioether (sulfide) groups is 1. The molecule has 0 unspecified atom stereocenters. The standard InChI is InChI=1S/C31H34N4O2S/c1-30(2,3)22-16-20(17-23(26(22)36)31(4,5)6)27-32-24-15-11-10-14-21(24)25-28(37)33-29(34-35(25)27)38-18-19-12-8-7-9-13-19/h7-17,27H,18H2,1-6H3,(H2,33,34,36,37)/p+1/t27-/m0/s1. The third-order valence-electron chi connectivity index (χ3n) is 6.86. The Morgan fingerprint density at radius 1 is 0.921 bits per heavy atom. The van der Waals surface area contributed by atoms with E-state index in [-0.39, 0.29) is 16.4 Å². The summed E-state index contributed by atoms with van der Waals surface area (Å²) in [4.78, 5) is 16.6. The van der Waals surface area contributed by atoms with E-state index in [0.29, 0.717) is 22.4 Å². The quantitative estimate of drug-likeness (QED) is 0.215. The number of nitrogens with one attached hydrogen (secondary N) is 2. The SMILES string of the molecule is CC(C)(C)c1cc([C@H]2Nc3ccccc3-c3c(=O)[nH]c(SCc4ccccc4)n[n+]32)cc(C(C)(C)C)c1O. The number of phenolic OH excluding ortho intramolecular Hbond substituents is 1. The molecular weight excluding hydrogens is 492 g/mol. The van der Waals surface area contributed by atoms with E-state index in [1.807, 2.05) is 54.6 Å². The van der Waals surface area contributed by atoms with E-state index >= 15 is 0 Å². The monoisotopic (exact) mass is 527 g/mol. The van der Waals surface area contributed by atoms with Gasteiger partial charge in [0.05, 0.1) is 11.3 Å². The van der Waals surface area contributed by atoms with Gasteiger partial charge in [0, 0.05) is 27.5 Å². The van der Waals surface area contributed by atoms with Crippen LogP contribution in [0, 0.1) is 0 Å². The number of nitrogens with zero attached hydrogens (tertiary/aromatic N) is 2. The fourth-order valence-electron chi connectivity index (χ4n) is 4.86. The van der Waals surface area contributed by atoms with Crippen LogP contribution in [0.5, 0.6) is 5.75 Å². The number of rotatable bonds is 4. The molecule has 0 radical (unpaired) electrons. The average Bonchev–Trinajstić information content (AvgIpc) is 2.86. The van der Waals surface area contributed by atoms with E-state index in [1.165, 1.54) is 11.8 Å². The fourth-order valence-corrected chi connectivity index (χ4v) is 5.67. The van der Waals surface area contributed by atoms with Gasteiger partial charge in [-0.15, -0.1) is 0 Å². The second kappa shape index (κ2) is 9.62. The zero-order valence-corrected chi connectivity index (χ0v) is 23.6. The van der Waals surface area contributed by atoms with E-state index in [9.17, 15) is 9.90 Å². The highest BCUT2D eigenvalue weighted by atomic mass is 32.2. The molecule has 1 aliphatic heterocycles. The van der Waals surface area contributed by atoms with Crippen LogP contribution in [0.3, 0.4) is 0 Å². The van der Waals surface area contributed by atoms with Gasteiger partial charge in [-0.2, -0.15) is 0 Å². The zero-order valence-electron chi connectivity index (χ0n) is 22.8. The van der Waals surface area contributed by atoms with Crippen molar-refractivity contribution >= 4 is 17.4 Å². The molecule has 2 heterocycles. The number of fused-ring (bicyclic) bond motifs is 3. The lowest BCUT2D eigenvalue weighted by Crippen LogP contribution is -2.55. The summed E-state index contributed by atoms with van der Waals surface area (Å²) in [5.41, 5.74) is 5.28. The van der Waals surface area contributed by atoms with Gasteiger partial charge >= 0.3 is 11.3 Å². The van der Waals surface area contributed by atoms with Gasteiger partial charge in [0.25, 0.3) is 6.17 Å². The Balaban J connectivity index is 1.69. The normalized spacial score (nSPS) is 14.9. The molecule has 196 valence electrons. The number of benzene rings is 3. The highest BCUT2D eigenvalue weighted by Crippen LogP contribution is 2.42. The van der Waals surface area contributed by atoms with Crippen LogP contribution in [0.4, 0.5) is 5.69 Å². The molecule has 0 aliphatic carbocycles. The fraction of sp³-hybridized carbons (Fsp3) is 0.323. The first-order valence-corrected chi connectivity index (χ1v) is 13.9. The molecule has 38 heavy (non-hydrogen) atoms. The molecule has 1 atom stereocenters. The minimum atomic E-state index is -0.430. The second-order valence-corrected chi connectivity index (χ2v) is 12.8. The summed E-state index contributed by atoms with van der Waals surface area (Å²) >= 11 is 1.50. The third kappa shape index (κ3) is 4.95. The lowest BCUT2D eigenvalue weighted by atomic mass is 9.78. The highest BCUT2D eigenvalue weighted by molar-refractivity contribution is 7.98. The Labute approximate surface area is 228 Å². The Kier molecular flexibility index (Phi) is 6.59. The van der Waals surface area contributed by atoms with E-state index in [1.54, 1.807) is 4.68 Å². The van der Waals surface area contributed by atoms with Crippen LogP contribution in [-0.4, -0.2) is 15.2 Å². The molecule has 0 saturated heterocycles. The number of anilines is 1. The van der Waals surface area contributed by atoms with Gasteiger partial charge in [-0.25, -0.2) is 0 Å².